The third-order valence-electron chi connectivity index (χ3n) is 3.22. The average molecular weight is 342 g/mol. The molecule has 0 aliphatic carbocycles. The standard InChI is InChI=1S/C16H22O8/c1-10(2)14(19)22-8-5-11(17)21-7-6-12(18)24-13-15(20)23-9-16(13,3)4/h13H,1,5-9H2,2-4H3. The van der Waals surface area contributed by atoms with E-state index in [1.54, 1.807) is 13.8 Å². The van der Waals surface area contributed by atoms with Gasteiger partial charge in [0.1, 0.15) is 19.8 Å². The van der Waals surface area contributed by atoms with E-state index in [1.807, 2.05) is 0 Å². The van der Waals surface area contributed by atoms with Gasteiger partial charge in [-0.3, -0.25) is 9.59 Å². The number of cyclic esters (lactones) is 1. The molecule has 0 spiro atoms. The van der Waals surface area contributed by atoms with Gasteiger partial charge in [-0.1, -0.05) is 20.4 Å². The van der Waals surface area contributed by atoms with Gasteiger partial charge in [-0.2, -0.15) is 0 Å². The molecule has 8 nitrogen and oxygen atoms in total. The van der Waals surface area contributed by atoms with Crippen LogP contribution in [0.15, 0.2) is 12.2 Å². The van der Waals surface area contributed by atoms with E-state index < -0.39 is 35.4 Å². The molecule has 0 bridgehead atoms. The molecule has 0 aromatic heterocycles. The minimum absolute atomic E-state index is 0.128. The number of carbonyl (C=O) groups excluding carboxylic acids is 4. The van der Waals surface area contributed by atoms with E-state index in [2.05, 4.69) is 6.58 Å². The highest BCUT2D eigenvalue weighted by molar-refractivity contribution is 5.87. The van der Waals surface area contributed by atoms with E-state index in [0.29, 0.717) is 0 Å². The zero-order valence-electron chi connectivity index (χ0n) is 14.1. The number of carbonyl (C=O) groups is 4. The molecule has 1 rings (SSSR count). The summed E-state index contributed by atoms with van der Waals surface area (Å²) < 4.78 is 19.5. The Bertz CT molecular complexity index is 534. The predicted molar refractivity (Wildman–Crippen MR) is 80.6 cm³/mol. The Morgan fingerprint density at radius 2 is 1.75 bits per heavy atom. The van der Waals surface area contributed by atoms with Crippen molar-refractivity contribution in [2.75, 3.05) is 19.8 Å². The van der Waals surface area contributed by atoms with Crippen LogP contribution in [0.25, 0.3) is 0 Å². The third-order valence-corrected chi connectivity index (χ3v) is 3.22. The minimum Gasteiger partial charge on any atom is -0.465 e. The molecule has 24 heavy (non-hydrogen) atoms. The van der Waals surface area contributed by atoms with E-state index in [4.69, 9.17) is 18.9 Å². The second kappa shape index (κ2) is 8.47. The highest BCUT2D eigenvalue weighted by Crippen LogP contribution is 2.31. The summed E-state index contributed by atoms with van der Waals surface area (Å²) in [5, 5.41) is 0. The Hall–Kier alpha value is -2.38. The van der Waals surface area contributed by atoms with Crippen LogP contribution < -0.4 is 0 Å². The van der Waals surface area contributed by atoms with Gasteiger partial charge in [0, 0.05) is 11.0 Å². The Morgan fingerprint density at radius 1 is 1.17 bits per heavy atom. The predicted octanol–water partition coefficient (Wildman–Crippen LogP) is 0.924. The number of rotatable bonds is 8. The lowest BCUT2D eigenvalue weighted by Crippen LogP contribution is -2.35. The van der Waals surface area contributed by atoms with Crippen LogP contribution in [0, 0.1) is 5.41 Å². The van der Waals surface area contributed by atoms with Crippen molar-refractivity contribution >= 4 is 23.9 Å². The first kappa shape index (κ1) is 19.7. The van der Waals surface area contributed by atoms with Crippen LogP contribution in [0.2, 0.25) is 0 Å². The Balaban J connectivity index is 2.21. The summed E-state index contributed by atoms with van der Waals surface area (Å²) in [6.45, 7) is 8.27. The van der Waals surface area contributed by atoms with Crippen molar-refractivity contribution in [1.29, 1.82) is 0 Å². The van der Waals surface area contributed by atoms with Gasteiger partial charge >= 0.3 is 23.9 Å². The minimum atomic E-state index is -0.956. The first-order chi connectivity index (χ1) is 11.1. The van der Waals surface area contributed by atoms with Gasteiger partial charge in [0.15, 0.2) is 0 Å². The molecular formula is C16H22O8. The molecule has 0 amide bonds. The molecule has 1 atom stereocenters. The maximum absolute atomic E-state index is 11.7. The summed E-state index contributed by atoms with van der Waals surface area (Å²) in [7, 11) is 0. The molecule has 1 unspecified atom stereocenters. The molecule has 0 aromatic carbocycles. The molecular weight excluding hydrogens is 320 g/mol. The highest BCUT2D eigenvalue weighted by atomic mass is 16.6. The van der Waals surface area contributed by atoms with Gasteiger partial charge < -0.3 is 18.9 Å². The van der Waals surface area contributed by atoms with Gasteiger partial charge in [-0.05, 0) is 6.92 Å². The summed E-state index contributed by atoms with van der Waals surface area (Å²) in [5.41, 5.74) is -0.351. The molecule has 134 valence electrons. The molecule has 1 heterocycles. The molecule has 0 aromatic rings. The zero-order chi connectivity index (χ0) is 18.3. The second-order valence-electron chi connectivity index (χ2n) is 6.10. The van der Waals surface area contributed by atoms with E-state index in [0.717, 1.165) is 0 Å². The SMILES string of the molecule is C=C(C)C(=O)OCCC(=O)OCCC(=O)OC1C(=O)OCC1(C)C. The molecule has 1 aliphatic rings. The van der Waals surface area contributed by atoms with Gasteiger partial charge in [-0.25, -0.2) is 9.59 Å². The normalized spacial score (nSPS) is 18.5. The van der Waals surface area contributed by atoms with E-state index in [1.165, 1.54) is 6.92 Å². The monoisotopic (exact) mass is 342 g/mol. The maximum Gasteiger partial charge on any atom is 0.348 e. The lowest BCUT2D eigenvalue weighted by molar-refractivity contribution is -0.164. The number of esters is 4. The number of hydrogen-bond acceptors (Lipinski definition) is 8. The summed E-state index contributed by atoms with van der Waals surface area (Å²) in [6.07, 6.45) is -1.27. The Kier molecular flexibility index (Phi) is 6.94. The highest BCUT2D eigenvalue weighted by Gasteiger charge is 2.46. The molecule has 0 saturated carbocycles. The molecule has 8 heteroatoms. The maximum atomic E-state index is 11.7. The van der Waals surface area contributed by atoms with Gasteiger partial charge in [-0.15, -0.1) is 0 Å². The topological polar surface area (TPSA) is 105 Å². The quantitative estimate of drug-likeness (QED) is 0.364. The molecule has 1 fully saturated rings. The van der Waals surface area contributed by atoms with Crippen molar-refractivity contribution in [2.45, 2.75) is 39.7 Å². The summed E-state index contributed by atoms with van der Waals surface area (Å²) in [4.78, 5) is 45.7. The van der Waals surface area contributed by atoms with Crippen LogP contribution in [-0.2, 0) is 38.1 Å². The lowest BCUT2D eigenvalue weighted by atomic mass is 9.90. The van der Waals surface area contributed by atoms with Gasteiger partial charge in [0.05, 0.1) is 12.8 Å². The van der Waals surface area contributed by atoms with E-state index >= 15 is 0 Å². The fourth-order valence-electron chi connectivity index (χ4n) is 1.80. The van der Waals surface area contributed by atoms with Crippen molar-refractivity contribution < 1.29 is 38.1 Å². The molecule has 1 aliphatic heterocycles. The first-order valence-corrected chi connectivity index (χ1v) is 7.48. The summed E-state index contributed by atoms with van der Waals surface area (Å²) in [5.74, 6) is -2.44. The fraction of sp³-hybridized carbons (Fsp3) is 0.625. The average Bonchev–Trinajstić information content (AvgIpc) is 2.74. The van der Waals surface area contributed by atoms with Crippen LogP contribution in [-0.4, -0.2) is 49.8 Å². The van der Waals surface area contributed by atoms with Crippen LogP contribution in [0.3, 0.4) is 0 Å². The largest absolute Gasteiger partial charge is 0.465 e. The van der Waals surface area contributed by atoms with Crippen molar-refractivity contribution in [3.05, 3.63) is 12.2 Å². The first-order valence-electron chi connectivity index (χ1n) is 7.48. The fourth-order valence-corrected chi connectivity index (χ4v) is 1.80. The van der Waals surface area contributed by atoms with Crippen molar-refractivity contribution in [3.8, 4) is 0 Å². The zero-order valence-corrected chi connectivity index (χ0v) is 14.1. The van der Waals surface area contributed by atoms with Crippen LogP contribution in [0.4, 0.5) is 0 Å². The second-order valence-corrected chi connectivity index (χ2v) is 6.10. The van der Waals surface area contributed by atoms with Gasteiger partial charge in [0.25, 0.3) is 0 Å². The molecule has 0 radical (unpaired) electrons. The van der Waals surface area contributed by atoms with E-state index in [-0.39, 0.29) is 38.2 Å². The van der Waals surface area contributed by atoms with Gasteiger partial charge in [0.2, 0.25) is 6.10 Å². The van der Waals surface area contributed by atoms with Crippen LogP contribution in [0.5, 0.6) is 0 Å². The lowest BCUT2D eigenvalue weighted by Gasteiger charge is -2.21. The third kappa shape index (κ3) is 6.02. The van der Waals surface area contributed by atoms with Crippen molar-refractivity contribution in [1.82, 2.24) is 0 Å². The number of hydrogen-bond donors (Lipinski definition) is 0. The van der Waals surface area contributed by atoms with Crippen molar-refractivity contribution in [2.24, 2.45) is 5.41 Å². The van der Waals surface area contributed by atoms with Crippen molar-refractivity contribution in [3.63, 3.8) is 0 Å². The molecule has 1 saturated heterocycles. The Labute approximate surface area is 140 Å². The summed E-state index contributed by atoms with van der Waals surface area (Å²) in [6, 6.07) is 0. The smallest absolute Gasteiger partial charge is 0.348 e. The summed E-state index contributed by atoms with van der Waals surface area (Å²) >= 11 is 0. The number of ether oxygens (including phenoxy) is 4. The van der Waals surface area contributed by atoms with Crippen LogP contribution in [0.1, 0.15) is 33.6 Å². The molecule has 0 N–H and O–H groups in total. The van der Waals surface area contributed by atoms with E-state index in [9.17, 15) is 19.2 Å². The van der Waals surface area contributed by atoms with Crippen LogP contribution >= 0.6 is 0 Å². The Morgan fingerprint density at radius 3 is 2.29 bits per heavy atom.